The Morgan fingerprint density at radius 3 is 3.21 bits per heavy atom. The van der Waals surface area contributed by atoms with E-state index in [-0.39, 0.29) is 0 Å². The van der Waals surface area contributed by atoms with E-state index in [1.54, 1.807) is 6.20 Å². The molecule has 1 saturated heterocycles. The smallest absolute Gasteiger partial charge is 0.118 e. The number of rotatable bonds is 3. The Hall–Kier alpha value is -0.870. The van der Waals surface area contributed by atoms with Crippen LogP contribution in [0.3, 0.4) is 0 Å². The normalized spacial score (nSPS) is 27.0. The van der Waals surface area contributed by atoms with Crippen LogP contribution in [0.4, 0.5) is 0 Å². The second-order valence-electron chi connectivity index (χ2n) is 3.83. The van der Waals surface area contributed by atoms with Crippen LogP contribution in [-0.2, 0) is 16.9 Å². The largest absolute Gasteiger partial charge is 0.383 e. The number of nitrogens with zero attached hydrogens (tertiary/aromatic N) is 2. The maximum atomic E-state index is 10.2. The molecular formula is C10H16N2O2. The molecule has 14 heavy (non-hydrogen) atoms. The topological polar surface area (TPSA) is 47.3 Å². The van der Waals surface area contributed by atoms with Gasteiger partial charge in [0.05, 0.1) is 12.8 Å². The van der Waals surface area contributed by atoms with Crippen LogP contribution in [0.2, 0.25) is 0 Å². The number of hydrogen-bond acceptors (Lipinski definition) is 3. The molecule has 1 aliphatic rings. The van der Waals surface area contributed by atoms with Gasteiger partial charge in [0.15, 0.2) is 0 Å². The lowest BCUT2D eigenvalue weighted by Gasteiger charge is -2.17. The summed E-state index contributed by atoms with van der Waals surface area (Å²) in [6, 6.07) is 0. The molecule has 1 fully saturated rings. The molecule has 0 aliphatic carbocycles. The van der Waals surface area contributed by atoms with Gasteiger partial charge in [-0.25, -0.2) is 0 Å². The van der Waals surface area contributed by atoms with Gasteiger partial charge >= 0.3 is 0 Å². The molecule has 0 radical (unpaired) electrons. The highest BCUT2D eigenvalue weighted by atomic mass is 16.5. The summed E-state index contributed by atoms with van der Waals surface area (Å²) in [5.74, 6) is 0. The maximum absolute atomic E-state index is 10.2. The van der Waals surface area contributed by atoms with Crippen LogP contribution in [0, 0.1) is 0 Å². The average Bonchev–Trinajstić information content (AvgIpc) is 2.75. The predicted molar refractivity (Wildman–Crippen MR) is 51.9 cm³/mol. The molecule has 1 aromatic heterocycles. The van der Waals surface area contributed by atoms with E-state index in [1.807, 2.05) is 10.9 Å². The SMILES string of the molecule is CCCn1cc(C2(O)CCOC2)cn1. The van der Waals surface area contributed by atoms with E-state index in [4.69, 9.17) is 4.74 Å². The van der Waals surface area contributed by atoms with Gasteiger partial charge in [-0.1, -0.05) is 6.92 Å². The zero-order valence-corrected chi connectivity index (χ0v) is 8.44. The Kier molecular flexibility index (Phi) is 2.56. The molecule has 1 atom stereocenters. The van der Waals surface area contributed by atoms with Crippen LogP contribution in [0.15, 0.2) is 12.4 Å². The number of hydrogen-bond donors (Lipinski definition) is 1. The molecule has 4 heteroatoms. The lowest BCUT2D eigenvalue weighted by molar-refractivity contribution is 0.0231. The first kappa shape index (κ1) is 9.68. The molecular weight excluding hydrogens is 180 g/mol. The average molecular weight is 196 g/mol. The van der Waals surface area contributed by atoms with Gasteiger partial charge in [-0.15, -0.1) is 0 Å². The van der Waals surface area contributed by atoms with Gasteiger partial charge in [0.1, 0.15) is 5.60 Å². The highest BCUT2D eigenvalue weighted by Gasteiger charge is 2.35. The molecule has 2 heterocycles. The van der Waals surface area contributed by atoms with Crippen LogP contribution in [0.1, 0.15) is 25.3 Å². The van der Waals surface area contributed by atoms with Crippen LogP contribution < -0.4 is 0 Å². The van der Waals surface area contributed by atoms with Crippen molar-refractivity contribution in [3.63, 3.8) is 0 Å². The fourth-order valence-electron chi connectivity index (χ4n) is 1.74. The van der Waals surface area contributed by atoms with Crippen molar-refractivity contribution < 1.29 is 9.84 Å². The summed E-state index contributed by atoms with van der Waals surface area (Å²) < 4.78 is 7.06. The van der Waals surface area contributed by atoms with Gasteiger partial charge in [0, 0.05) is 31.3 Å². The summed E-state index contributed by atoms with van der Waals surface area (Å²) in [5.41, 5.74) is 0.0786. The van der Waals surface area contributed by atoms with Gasteiger partial charge in [-0.3, -0.25) is 4.68 Å². The molecule has 0 aromatic carbocycles. The molecule has 0 bridgehead atoms. The monoisotopic (exact) mass is 196 g/mol. The quantitative estimate of drug-likeness (QED) is 0.781. The minimum absolute atomic E-state index is 0.394. The van der Waals surface area contributed by atoms with E-state index in [2.05, 4.69) is 12.0 Å². The lowest BCUT2D eigenvalue weighted by atomic mass is 9.97. The van der Waals surface area contributed by atoms with Crippen molar-refractivity contribution in [3.8, 4) is 0 Å². The highest BCUT2D eigenvalue weighted by molar-refractivity contribution is 5.16. The van der Waals surface area contributed by atoms with E-state index in [0.29, 0.717) is 19.6 Å². The molecule has 4 nitrogen and oxygen atoms in total. The maximum Gasteiger partial charge on any atom is 0.118 e. The van der Waals surface area contributed by atoms with Crippen molar-refractivity contribution in [3.05, 3.63) is 18.0 Å². The summed E-state index contributed by atoms with van der Waals surface area (Å²) in [7, 11) is 0. The summed E-state index contributed by atoms with van der Waals surface area (Å²) >= 11 is 0. The Morgan fingerprint density at radius 1 is 1.71 bits per heavy atom. The first-order chi connectivity index (χ1) is 6.74. The van der Waals surface area contributed by atoms with Crippen molar-refractivity contribution in [2.45, 2.75) is 31.9 Å². The van der Waals surface area contributed by atoms with Gasteiger partial charge in [-0.05, 0) is 6.42 Å². The number of aryl methyl sites for hydroxylation is 1. The molecule has 1 aliphatic heterocycles. The lowest BCUT2D eigenvalue weighted by Crippen LogP contribution is -2.24. The van der Waals surface area contributed by atoms with Gasteiger partial charge < -0.3 is 9.84 Å². The molecule has 1 N–H and O–H groups in total. The number of ether oxygens (including phenoxy) is 1. The zero-order chi connectivity index (χ0) is 10.0. The predicted octanol–water partition coefficient (Wildman–Crippen LogP) is 0.901. The molecule has 2 rings (SSSR count). The summed E-state index contributed by atoms with van der Waals surface area (Å²) in [4.78, 5) is 0. The van der Waals surface area contributed by atoms with Crippen molar-refractivity contribution in [1.82, 2.24) is 9.78 Å². The Bertz CT molecular complexity index is 303. The summed E-state index contributed by atoms with van der Waals surface area (Å²) in [6.45, 7) is 4.03. The Morgan fingerprint density at radius 2 is 2.57 bits per heavy atom. The van der Waals surface area contributed by atoms with Gasteiger partial charge in [0.2, 0.25) is 0 Å². The fraction of sp³-hybridized carbons (Fsp3) is 0.700. The molecule has 1 unspecified atom stereocenters. The molecule has 0 saturated carbocycles. The second-order valence-corrected chi connectivity index (χ2v) is 3.83. The highest BCUT2D eigenvalue weighted by Crippen LogP contribution is 2.29. The van der Waals surface area contributed by atoms with E-state index < -0.39 is 5.60 Å². The van der Waals surface area contributed by atoms with E-state index in [9.17, 15) is 5.11 Å². The van der Waals surface area contributed by atoms with Gasteiger partial charge in [0.25, 0.3) is 0 Å². The first-order valence-electron chi connectivity index (χ1n) is 5.08. The summed E-state index contributed by atoms with van der Waals surface area (Å²) in [5, 5.41) is 14.4. The Labute approximate surface area is 83.5 Å². The minimum Gasteiger partial charge on any atom is -0.383 e. The molecule has 1 aromatic rings. The van der Waals surface area contributed by atoms with E-state index >= 15 is 0 Å². The molecule has 0 spiro atoms. The molecule has 78 valence electrons. The third-order valence-electron chi connectivity index (χ3n) is 2.62. The second kappa shape index (κ2) is 3.71. The van der Waals surface area contributed by atoms with E-state index in [1.165, 1.54) is 0 Å². The van der Waals surface area contributed by atoms with Gasteiger partial charge in [-0.2, -0.15) is 5.10 Å². The van der Waals surface area contributed by atoms with Crippen molar-refractivity contribution in [2.24, 2.45) is 0 Å². The summed E-state index contributed by atoms with van der Waals surface area (Å²) in [6.07, 6.45) is 5.38. The zero-order valence-electron chi connectivity index (χ0n) is 8.44. The minimum atomic E-state index is -0.800. The third kappa shape index (κ3) is 1.67. The van der Waals surface area contributed by atoms with Crippen molar-refractivity contribution >= 4 is 0 Å². The third-order valence-corrected chi connectivity index (χ3v) is 2.62. The van der Waals surface area contributed by atoms with Crippen molar-refractivity contribution in [1.29, 1.82) is 0 Å². The van der Waals surface area contributed by atoms with E-state index in [0.717, 1.165) is 18.5 Å². The first-order valence-corrected chi connectivity index (χ1v) is 5.08. The number of aromatic nitrogens is 2. The Balaban J connectivity index is 2.15. The number of aliphatic hydroxyl groups is 1. The van der Waals surface area contributed by atoms with Crippen LogP contribution in [0.5, 0.6) is 0 Å². The van der Waals surface area contributed by atoms with Crippen LogP contribution in [0.25, 0.3) is 0 Å². The van der Waals surface area contributed by atoms with Crippen LogP contribution >= 0.6 is 0 Å². The van der Waals surface area contributed by atoms with Crippen LogP contribution in [-0.4, -0.2) is 28.1 Å². The standard InChI is InChI=1S/C10H16N2O2/c1-2-4-12-7-9(6-11-12)10(13)3-5-14-8-10/h6-7,13H,2-5,8H2,1H3. The molecule has 0 amide bonds. The fourth-order valence-corrected chi connectivity index (χ4v) is 1.74. The van der Waals surface area contributed by atoms with Crippen molar-refractivity contribution in [2.75, 3.05) is 13.2 Å².